The molecule has 0 amide bonds. The third-order valence-electron chi connectivity index (χ3n) is 9.98. The first-order valence-electron chi connectivity index (χ1n) is 17.9. The van der Waals surface area contributed by atoms with Crippen molar-refractivity contribution in [1.29, 1.82) is 0 Å². The molecule has 0 saturated carbocycles. The molecule has 0 fully saturated rings. The van der Waals surface area contributed by atoms with Crippen LogP contribution < -0.4 is 0 Å². The van der Waals surface area contributed by atoms with Gasteiger partial charge in [-0.05, 0) is 42.8 Å². The average molecular weight is 984 g/mol. The summed E-state index contributed by atoms with van der Waals surface area (Å²) in [6.07, 6.45) is -9.91. The zero-order chi connectivity index (χ0) is 45.8. The van der Waals surface area contributed by atoms with E-state index >= 15 is 0 Å². The smallest absolute Gasteiger partial charge is 0.325 e. The van der Waals surface area contributed by atoms with Gasteiger partial charge in [-0.3, -0.25) is 4.98 Å². The molecule has 0 unspecified atom stereocenters. The Labute approximate surface area is 360 Å². The van der Waals surface area contributed by atoms with E-state index in [2.05, 4.69) is 24.9 Å². The van der Waals surface area contributed by atoms with Crippen LogP contribution >= 0.6 is 34.3 Å². The topological polar surface area (TPSA) is 143 Å². The molecule has 0 saturated heterocycles. The van der Waals surface area contributed by atoms with Crippen LogP contribution in [0.2, 0.25) is 5.02 Å². The van der Waals surface area contributed by atoms with Crippen molar-refractivity contribution < 1.29 is 60.7 Å². The van der Waals surface area contributed by atoms with Crippen LogP contribution in [0.4, 0.5) is 43.9 Å². The van der Waals surface area contributed by atoms with E-state index in [9.17, 15) is 60.7 Å². The summed E-state index contributed by atoms with van der Waals surface area (Å²) in [6, 6.07) is 8.10. The van der Waals surface area contributed by atoms with Crippen molar-refractivity contribution in [3.8, 4) is 21.4 Å². The third-order valence-corrected chi connectivity index (χ3v) is 16.4. The zero-order valence-electron chi connectivity index (χ0n) is 31.7. The number of halogens is 11. The minimum atomic E-state index is -6.01. The highest BCUT2D eigenvalue weighted by Crippen LogP contribution is 2.48. The fourth-order valence-corrected chi connectivity index (χ4v) is 13.2. The molecule has 0 spiro atoms. The van der Waals surface area contributed by atoms with Crippen molar-refractivity contribution in [2.75, 3.05) is 11.5 Å². The van der Waals surface area contributed by atoms with Crippen LogP contribution in [0.5, 0.6) is 0 Å². The standard InChI is InChI=1S/C37H24ClF10N7O4S4/c1-3-62(56,57)29-20-6-4-9-49-33(20)61-27(29)32-53-22-12-17(34(39,40)36(43,44)45)15-51-30(22)55(32)10-5-11-63(58,59)28-19-8-7-18(38)13-24(19)60-26(28)31-52-21-14-25(35(41,42)37(46,47)48)50-16-23(21)54(31)2/h4,6-9,12-16H,3,5,10-11H2,1-2H3. The average Bonchev–Trinajstić information content (AvgIpc) is 3.96. The molecular formula is C37H24ClF10N7O4S4. The summed E-state index contributed by atoms with van der Waals surface area (Å²) in [5.41, 5.74) is -4.34. The van der Waals surface area contributed by atoms with Crippen LogP contribution in [0.3, 0.4) is 0 Å². The van der Waals surface area contributed by atoms with Crippen LogP contribution in [0, 0.1) is 0 Å². The Morgan fingerprint density at radius 1 is 0.730 bits per heavy atom. The Kier molecular flexibility index (Phi) is 10.7. The molecule has 0 atom stereocenters. The van der Waals surface area contributed by atoms with E-state index in [1.807, 2.05) is 0 Å². The number of sulfone groups is 2. The molecule has 0 aliphatic rings. The number of rotatable bonds is 11. The molecule has 0 radical (unpaired) electrons. The number of alkyl halides is 10. The van der Waals surface area contributed by atoms with Crippen molar-refractivity contribution in [3.63, 3.8) is 0 Å². The van der Waals surface area contributed by atoms with Crippen molar-refractivity contribution in [3.05, 3.63) is 77.3 Å². The van der Waals surface area contributed by atoms with Gasteiger partial charge in [-0.15, -0.1) is 22.7 Å². The first-order chi connectivity index (χ1) is 29.3. The number of fused-ring (bicyclic) bond motifs is 4. The monoisotopic (exact) mass is 983 g/mol. The van der Waals surface area contributed by atoms with Gasteiger partial charge in [0.2, 0.25) is 0 Å². The fourth-order valence-electron chi connectivity index (χ4n) is 6.87. The van der Waals surface area contributed by atoms with Crippen molar-refractivity contribution in [2.45, 2.75) is 53.9 Å². The van der Waals surface area contributed by atoms with Crippen LogP contribution in [0.25, 0.3) is 63.9 Å². The number of aryl methyl sites for hydroxylation is 2. The van der Waals surface area contributed by atoms with E-state index in [1.54, 1.807) is 0 Å². The van der Waals surface area contributed by atoms with Gasteiger partial charge in [0.05, 0.1) is 53.8 Å². The van der Waals surface area contributed by atoms with Gasteiger partial charge in [-0.25, -0.2) is 36.8 Å². The number of pyridine rings is 3. The van der Waals surface area contributed by atoms with Gasteiger partial charge in [0.25, 0.3) is 0 Å². The predicted octanol–water partition coefficient (Wildman–Crippen LogP) is 10.5. The molecule has 7 aromatic heterocycles. The lowest BCUT2D eigenvalue weighted by atomic mass is 10.1. The van der Waals surface area contributed by atoms with Gasteiger partial charge < -0.3 is 9.13 Å². The fraction of sp³-hybridized carbons (Fsp3) is 0.270. The summed E-state index contributed by atoms with van der Waals surface area (Å²) in [5, 5.41) is 0.531. The quantitative estimate of drug-likeness (QED) is 0.116. The number of thiophene rings is 2. The number of benzene rings is 1. The Morgan fingerprint density at radius 2 is 1.40 bits per heavy atom. The van der Waals surface area contributed by atoms with Crippen molar-refractivity contribution >= 4 is 96.4 Å². The van der Waals surface area contributed by atoms with Gasteiger partial charge in [0.15, 0.2) is 37.0 Å². The van der Waals surface area contributed by atoms with E-state index in [0.717, 1.165) is 28.9 Å². The minimum Gasteiger partial charge on any atom is -0.325 e. The maximum atomic E-state index is 14.5. The minimum absolute atomic E-state index is 0.0189. The van der Waals surface area contributed by atoms with Crippen LogP contribution in [-0.4, -0.2) is 74.7 Å². The number of aromatic nitrogens is 7. The molecule has 0 N–H and O–H groups in total. The Balaban J connectivity index is 1.24. The second kappa shape index (κ2) is 15.1. The second-order valence-corrected chi connectivity index (χ2v) is 20.7. The molecule has 7 heterocycles. The number of hydrogen-bond donors (Lipinski definition) is 0. The van der Waals surface area contributed by atoms with E-state index < -0.39 is 72.2 Å². The first-order valence-corrected chi connectivity index (χ1v) is 23.2. The maximum absolute atomic E-state index is 14.5. The molecule has 26 heteroatoms. The number of hydrogen-bond acceptors (Lipinski definition) is 11. The number of imidazole rings is 2. The van der Waals surface area contributed by atoms with Crippen molar-refractivity contribution in [2.24, 2.45) is 7.05 Å². The normalized spacial score (nSPS) is 13.7. The highest BCUT2D eigenvalue weighted by molar-refractivity contribution is 7.92. The molecule has 332 valence electrons. The molecule has 0 bridgehead atoms. The lowest BCUT2D eigenvalue weighted by molar-refractivity contribution is -0.290. The molecule has 63 heavy (non-hydrogen) atoms. The Bertz CT molecular complexity index is 3380. The summed E-state index contributed by atoms with van der Waals surface area (Å²) in [5.74, 6) is -12.2. The zero-order valence-corrected chi connectivity index (χ0v) is 35.7. The third kappa shape index (κ3) is 7.37. The molecule has 1 aromatic carbocycles. The van der Waals surface area contributed by atoms with Crippen LogP contribution in [0.1, 0.15) is 24.6 Å². The van der Waals surface area contributed by atoms with Gasteiger partial charge >= 0.3 is 24.2 Å². The molecular weight excluding hydrogens is 960 g/mol. The lowest BCUT2D eigenvalue weighted by Gasteiger charge is -2.19. The second-order valence-electron chi connectivity index (χ2n) is 13.9. The summed E-state index contributed by atoms with van der Waals surface area (Å²) in [4.78, 5) is 19.5. The summed E-state index contributed by atoms with van der Waals surface area (Å²) in [6.45, 7) is 0.988. The number of nitrogens with zero attached hydrogens (tertiary/aromatic N) is 7. The van der Waals surface area contributed by atoms with Crippen LogP contribution in [-0.2, 0) is 45.1 Å². The van der Waals surface area contributed by atoms with E-state index in [0.29, 0.717) is 23.0 Å². The highest BCUT2D eigenvalue weighted by atomic mass is 35.5. The van der Waals surface area contributed by atoms with E-state index in [-0.39, 0.29) is 81.5 Å². The van der Waals surface area contributed by atoms with Gasteiger partial charge in [-0.1, -0.05) is 24.6 Å². The molecule has 8 aromatic rings. The summed E-state index contributed by atoms with van der Waals surface area (Å²) in [7, 11) is -7.21. The highest BCUT2D eigenvalue weighted by Gasteiger charge is 2.60. The molecule has 0 aliphatic heterocycles. The van der Waals surface area contributed by atoms with Gasteiger partial charge in [0, 0.05) is 46.5 Å². The molecule has 8 rings (SSSR count). The SMILES string of the molecule is CCS(=O)(=O)c1c(-c2nc3cc(C(F)(F)C(F)(F)F)cnc3n2CCCS(=O)(=O)c2c(-c3nc4cc(C(F)(F)C(F)(F)F)ncc4n3C)sc3cc(Cl)ccc23)sc2ncccc12. The summed E-state index contributed by atoms with van der Waals surface area (Å²) >= 11 is 7.95. The van der Waals surface area contributed by atoms with Crippen molar-refractivity contribution in [1.82, 2.24) is 34.1 Å². The Hall–Kier alpha value is -4.98. The first kappa shape index (κ1) is 44.6. The van der Waals surface area contributed by atoms with Gasteiger partial charge in [-0.2, -0.15) is 43.9 Å². The predicted molar refractivity (Wildman–Crippen MR) is 215 cm³/mol. The van der Waals surface area contributed by atoms with Gasteiger partial charge in [0.1, 0.15) is 16.0 Å². The largest absolute Gasteiger partial charge is 0.459 e. The Morgan fingerprint density at radius 3 is 2.08 bits per heavy atom. The lowest BCUT2D eigenvalue weighted by Crippen LogP contribution is -2.34. The van der Waals surface area contributed by atoms with E-state index in [4.69, 9.17) is 11.6 Å². The molecule has 11 nitrogen and oxygen atoms in total. The van der Waals surface area contributed by atoms with E-state index in [1.165, 1.54) is 59.6 Å². The molecule has 0 aliphatic carbocycles. The maximum Gasteiger partial charge on any atom is 0.459 e. The van der Waals surface area contributed by atoms with Crippen LogP contribution in [0.15, 0.2) is 70.8 Å². The summed E-state index contributed by atoms with van der Waals surface area (Å²) < 4.78 is 196.